The molecule has 0 saturated heterocycles. The third kappa shape index (κ3) is 31.7. The lowest BCUT2D eigenvalue weighted by atomic mass is 9.91. The van der Waals surface area contributed by atoms with Gasteiger partial charge in [0, 0.05) is 0 Å². The van der Waals surface area contributed by atoms with Gasteiger partial charge >= 0.3 is 0 Å². The Bertz CT molecular complexity index is 724. The molecule has 41 heavy (non-hydrogen) atoms. The van der Waals surface area contributed by atoms with Crippen LogP contribution in [0, 0.1) is 5.92 Å². The van der Waals surface area contributed by atoms with Crippen LogP contribution in [0.3, 0.4) is 0 Å². The number of carboxylic acid groups (broad SMARTS) is 4. The van der Waals surface area contributed by atoms with E-state index in [-0.39, 0.29) is 23.5 Å². The van der Waals surface area contributed by atoms with Crippen LogP contribution in [0.1, 0.15) is 157 Å². The summed E-state index contributed by atoms with van der Waals surface area (Å²) in [6.45, 7) is 10.9. The van der Waals surface area contributed by atoms with Crippen LogP contribution in [-0.2, 0) is 19.2 Å². The molecule has 240 valence electrons. The van der Waals surface area contributed by atoms with Gasteiger partial charge in [-0.05, 0) is 54.9 Å². The fraction of sp³-hybridized carbons (Fsp3) is 0.758. The summed E-state index contributed by atoms with van der Waals surface area (Å²) < 4.78 is 0. The molecular formula is C33H56O8-4. The molecule has 0 spiro atoms. The van der Waals surface area contributed by atoms with Gasteiger partial charge in [0.2, 0.25) is 0 Å². The quantitative estimate of drug-likeness (QED) is 0.151. The second-order valence-electron chi connectivity index (χ2n) is 10.4. The van der Waals surface area contributed by atoms with Crippen LogP contribution in [0.15, 0.2) is 23.3 Å². The summed E-state index contributed by atoms with van der Waals surface area (Å²) in [7, 11) is 0. The molecule has 0 heterocycles. The van der Waals surface area contributed by atoms with Gasteiger partial charge in [-0.15, -0.1) is 0 Å². The highest BCUT2D eigenvalue weighted by Crippen LogP contribution is 2.28. The van der Waals surface area contributed by atoms with Gasteiger partial charge in [0.1, 0.15) is 0 Å². The molecule has 0 bridgehead atoms. The summed E-state index contributed by atoms with van der Waals surface area (Å²) in [6, 6.07) is 0. The molecule has 8 nitrogen and oxygen atoms in total. The van der Waals surface area contributed by atoms with Crippen molar-refractivity contribution in [3.05, 3.63) is 23.3 Å². The molecule has 0 radical (unpaired) electrons. The molecule has 1 saturated carbocycles. The molecule has 0 aromatic carbocycles. The second kappa shape index (κ2) is 31.9. The van der Waals surface area contributed by atoms with Crippen LogP contribution in [0.2, 0.25) is 0 Å². The number of unbranched alkanes of at least 4 members (excludes halogenated alkanes) is 9. The Morgan fingerprint density at radius 2 is 0.951 bits per heavy atom. The topological polar surface area (TPSA) is 161 Å². The Balaban J connectivity index is -0.000000562. The van der Waals surface area contributed by atoms with Gasteiger partial charge in [-0.1, -0.05) is 131 Å². The molecule has 1 fully saturated rings. The first-order valence-electron chi connectivity index (χ1n) is 15.8. The lowest BCUT2D eigenvalue weighted by Gasteiger charge is -2.19. The van der Waals surface area contributed by atoms with Crippen molar-refractivity contribution in [1.29, 1.82) is 0 Å². The average molecular weight is 581 g/mol. The molecule has 0 aromatic rings. The van der Waals surface area contributed by atoms with Gasteiger partial charge in [-0.3, -0.25) is 0 Å². The maximum absolute atomic E-state index is 10.8. The molecule has 1 aliphatic rings. The number of aliphatic carboxylic acids is 4. The van der Waals surface area contributed by atoms with Gasteiger partial charge < -0.3 is 39.6 Å². The van der Waals surface area contributed by atoms with E-state index in [1.54, 1.807) is 0 Å². The van der Waals surface area contributed by atoms with Crippen molar-refractivity contribution >= 4 is 23.9 Å². The number of hydrogen-bond acceptors (Lipinski definition) is 8. The fourth-order valence-electron chi connectivity index (χ4n) is 3.89. The van der Waals surface area contributed by atoms with Crippen molar-refractivity contribution < 1.29 is 39.6 Å². The van der Waals surface area contributed by atoms with E-state index in [4.69, 9.17) is 0 Å². The first kappa shape index (κ1) is 42.8. The first-order valence-corrected chi connectivity index (χ1v) is 15.8. The summed E-state index contributed by atoms with van der Waals surface area (Å²) in [5.74, 6) is -5.92. The van der Waals surface area contributed by atoms with Crippen LogP contribution in [0.5, 0.6) is 0 Å². The van der Waals surface area contributed by atoms with Gasteiger partial charge in [0.25, 0.3) is 0 Å². The molecular weight excluding hydrogens is 524 g/mol. The molecule has 0 aromatic heterocycles. The van der Waals surface area contributed by atoms with Gasteiger partial charge in [0.05, 0.1) is 23.9 Å². The van der Waals surface area contributed by atoms with Gasteiger partial charge in [-0.25, -0.2) is 0 Å². The summed E-state index contributed by atoms with van der Waals surface area (Å²) >= 11 is 0. The summed E-state index contributed by atoms with van der Waals surface area (Å²) in [5, 5.41) is 42.0. The van der Waals surface area contributed by atoms with Crippen molar-refractivity contribution in [2.75, 3.05) is 0 Å². The number of carbonyl (C=O) groups is 4. The minimum atomic E-state index is -1.48. The Kier molecular flexibility index (Phi) is 33.3. The molecule has 8 heteroatoms. The number of rotatable bonds is 16. The highest BCUT2D eigenvalue weighted by Gasteiger charge is 2.17. The van der Waals surface area contributed by atoms with E-state index in [1.807, 2.05) is 0 Å². The average Bonchev–Trinajstić information content (AvgIpc) is 3.22. The Labute approximate surface area is 249 Å². The van der Waals surface area contributed by atoms with Crippen LogP contribution in [-0.4, -0.2) is 23.9 Å². The number of hydrogen-bond donors (Lipinski definition) is 0. The summed E-state index contributed by atoms with van der Waals surface area (Å²) in [5.41, 5.74) is -0.294. The van der Waals surface area contributed by atoms with Crippen molar-refractivity contribution in [2.45, 2.75) is 157 Å². The van der Waals surface area contributed by atoms with Crippen LogP contribution in [0.25, 0.3) is 0 Å². The van der Waals surface area contributed by atoms with Crippen LogP contribution in [0.4, 0.5) is 0 Å². The van der Waals surface area contributed by atoms with E-state index < -0.39 is 23.9 Å². The molecule has 1 rings (SSSR count). The zero-order chi connectivity index (χ0) is 31.9. The monoisotopic (exact) mass is 580 g/mol. The van der Waals surface area contributed by atoms with E-state index in [0.717, 1.165) is 57.8 Å². The molecule has 0 unspecified atom stereocenters. The van der Waals surface area contributed by atoms with Crippen molar-refractivity contribution in [1.82, 2.24) is 0 Å². The lowest BCUT2D eigenvalue weighted by Crippen LogP contribution is -2.31. The highest BCUT2D eigenvalue weighted by molar-refractivity contribution is 5.93. The molecule has 1 aliphatic carbocycles. The van der Waals surface area contributed by atoms with Crippen molar-refractivity contribution in [3.63, 3.8) is 0 Å². The lowest BCUT2D eigenvalue weighted by molar-refractivity contribution is -0.303. The third-order valence-corrected chi connectivity index (χ3v) is 6.66. The Morgan fingerprint density at radius 1 is 0.537 bits per heavy atom. The van der Waals surface area contributed by atoms with E-state index >= 15 is 0 Å². The zero-order valence-electron chi connectivity index (χ0n) is 26.4. The first-order chi connectivity index (χ1) is 19.5. The maximum Gasteiger partial charge on any atom is 0.0678 e. The van der Waals surface area contributed by atoms with E-state index in [1.165, 1.54) is 51.4 Å². The largest absolute Gasteiger partial charge is 0.545 e. The number of carboxylic acids is 4. The van der Waals surface area contributed by atoms with Crippen LogP contribution < -0.4 is 20.4 Å². The molecule has 0 atom stereocenters. The normalized spacial score (nSPS) is 13.7. The van der Waals surface area contributed by atoms with Gasteiger partial charge in [-0.2, -0.15) is 0 Å². The highest BCUT2D eigenvalue weighted by atomic mass is 16.4. The maximum atomic E-state index is 10.8. The molecule has 0 N–H and O–H groups in total. The molecule has 0 aliphatic heterocycles. The van der Waals surface area contributed by atoms with Gasteiger partial charge in [0.15, 0.2) is 0 Å². The standard InChI is InChI=1S/C14H24O4.C11H16O4.2C4H10/c1-2-3-4-5-6-7-8-9-10-12(14(17)18)11-13(15)16;12-10(13)7-9(11(14)15)8-5-3-1-2-4-6-8;2*1-3-4-2/h11H,2-10H2,1H3,(H,15,16)(H,17,18);7-8H,1-6H2,(H,12,13)(H,14,15);2*3-4H2,1-2H3/p-4/b12-11-;9-7-;;. The molecule has 0 amide bonds. The smallest absolute Gasteiger partial charge is 0.0678 e. The Morgan fingerprint density at radius 3 is 1.29 bits per heavy atom. The van der Waals surface area contributed by atoms with Crippen molar-refractivity contribution in [2.24, 2.45) is 5.92 Å². The second-order valence-corrected chi connectivity index (χ2v) is 10.4. The minimum absolute atomic E-state index is 0.114. The SMILES string of the molecule is CCCC.CCCC.CCCCCCCCCC/C(=C/C(=O)[O-])C(=O)[O-].O=C([O-])/C=C(\C(=O)[O-])C1CCCCCC1. The van der Waals surface area contributed by atoms with E-state index in [2.05, 4.69) is 34.6 Å². The Hall–Kier alpha value is -2.64. The van der Waals surface area contributed by atoms with Crippen LogP contribution >= 0.6 is 0 Å². The van der Waals surface area contributed by atoms with E-state index in [9.17, 15) is 39.6 Å². The summed E-state index contributed by atoms with van der Waals surface area (Å²) in [6.07, 6.45) is 21.1. The minimum Gasteiger partial charge on any atom is -0.545 e. The predicted octanol–water partition coefficient (Wildman–Crippen LogP) is 3.94. The predicted molar refractivity (Wildman–Crippen MR) is 156 cm³/mol. The fourth-order valence-corrected chi connectivity index (χ4v) is 3.89. The summed E-state index contributed by atoms with van der Waals surface area (Å²) in [4.78, 5) is 42.0. The zero-order valence-corrected chi connectivity index (χ0v) is 26.4. The third-order valence-electron chi connectivity index (χ3n) is 6.66. The number of carbonyl (C=O) groups excluding carboxylic acids is 4. The van der Waals surface area contributed by atoms with E-state index in [0.29, 0.717) is 18.6 Å². The van der Waals surface area contributed by atoms with Crippen molar-refractivity contribution in [3.8, 4) is 0 Å².